The van der Waals surface area contributed by atoms with Gasteiger partial charge in [0.2, 0.25) is 0 Å². The summed E-state index contributed by atoms with van der Waals surface area (Å²) in [6.45, 7) is 0. The standard InChI is InChI=1S/C7H7NS/c8-4-1-2-7-3-5-9-6-7/h3,5-6H,1-2H2. The highest BCUT2D eigenvalue weighted by Gasteiger charge is 1.89. The minimum Gasteiger partial charge on any atom is -0.198 e. The molecule has 0 saturated carbocycles. The second kappa shape index (κ2) is 3.26. The number of aryl methyl sites for hydroxylation is 1. The van der Waals surface area contributed by atoms with E-state index in [1.165, 1.54) is 5.56 Å². The maximum absolute atomic E-state index is 8.22. The van der Waals surface area contributed by atoms with E-state index >= 15 is 0 Å². The molecule has 0 radical (unpaired) electrons. The van der Waals surface area contributed by atoms with Crippen LogP contribution in [0.4, 0.5) is 0 Å². The summed E-state index contributed by atoms with van der Waals surface area (Å²) in [6, 6.07) is 4.17. The Hall–Kier alpha value is -0.810. The van der Waals surface area contributed by atoms with E-state index in [0.717, 1.165) is 6.42 Å². The molecule has 0 fully saturated rings. The van der Waals surface area contributed by atoms with Crippen molar-refractivity contribution >= 4 is 11.3 Å². The minimum atomic E-state index is 0.636. The van der Waals surface area contributed by atoms with Crippen LogP contribution < -0.4 is 0 Å². The Morgan fingerprint density at radius 1 is 1.67 bits per heavy atom. The van der Waals surface area contributed by atoms with Crippen molar-refractivity contribution in [3.63, 3.8) is 0 Å². The monoisotopic (exact) mass is 137 g/mol. The maximum atomic E-state index is 8.22. The van der Waals surface area contributed by atoms with Crippen molar-refractivity contribution in [3.05, 3.63) is 22.4 Å². The molecule has 0 atom stereocenters. The molecule has 0 bridgehead atoms. The van der Waals surface area contributed by atoms with Gasteiger partial charge in [-0.15, -0.1) is 0 Å². The fraction of sp³-hybridized carbons (Fsp3) is 0.286. The molecule has 1 rings (SSSR count). The number of thiophene rings is 1. The molecule has 0 spiro atoms. The third-order valence-corrected chi connectivity index (χ3v) is 1.84. The van der Waals surface area contributed by atoms with E-state index < -0.39 is 0 Å². The predicted molar refractivity (Wildman–Crippen MR) is 38.3 cm³/mol. The second-order valence-electron chi connectivity index (χ2n) is 1.79. The first-order valence-corrected chi connectivity index (χ1v) is 3.76. The first-order valence-electron chi connectivity index (χ1n) is 2.81. The second-order valence-corrected chi connectivity index (χ2v) is 2.57. The van der Waals surface area contributed by atoms with E-state index in [-0.39, 0.29) is 0 Å². The summed E-state index contributed by atoms with van der Waals surface area (Å²) >= 11 is 1.68. The average Bonchev–Trinajstić information content (AvgIpc) is 2.34. The molecule has 0 aliphatic carbocycles. The fourth-order valence-electron chi connectivity index (χ4n) is 0.635. The zero-order valence-electron chi connectivity index (χ0n) is 5.00. The van der Waals surface area contributed by atoms with Crippen LogP contribution in [0.15, 0.2) is 16.8 Å². The van der Waals surface area contributed by atoms with Gasteiger partial charge in [-0.2, -0.15) is 16.6 Å². The Balaban J connectivity index is 2.41. The van der Waals surface area contributed by atoms with E-state index in [1.807, 2.05) is 5.38 Å². The lowest BCUT2D eigenvalue weighted by Gasteiger charge is -1.84. The molecule has 0 amide bonds. The highest BCUT2D eigenvalue weighted by molar-refractivity contribution is 7.07. The molecule has 9 heavy (non-hydrogen) atoms. The highest BCUT2D eigenvalue weighted by Crippen LogP contribution is 2.07. The van der Waals surface area contributed by atoms with Crippen LogP contribution in [-0.2, 0) is 6.42 Å². The van der Waals surface area contributed by atoms with Gasteiger partial charge in [0.1, 0.15) is 0 Å². The van der Waals surface area contributed by atoms with Crippen molar-refractivity contribution in [2.45, 2.75) is 12.8 Å². The van der Waals surface area contributed by atoms with Gasteiger partial charge in [-0.1, -0.05) is 0 Å². The lowest BCUT2D eigenvalue weighted by atomic mass is 10.2. The van der Waals surface area contributed by atoms with Gasteiger partial charge in [0.05, 0.1) is 6.07 Å². The predicted octanol–water partition coefficient (Wildman–Crippen LogP) is 2.20. The van der Waals surface area contributed by atoms with Crippen molar-refractivity contribution in [1.82, 2.24) is 0 Å². The normalized spacial score (nSPS) is 8.78. The van der Waals surface area contributed by atoms with Crippen molar-refractivity contribution in [1.29, 1.82) is 5.26 Å². The summed E-state index contributed by atoms with van der Waals surface area (Å²) in [5.41, 5.74) is 1.28. The third kappa shape index (κ3) is 1.87. The van der Waals surface area contributed by atoms with Gasteiger partial charge in [0.25, 0.3) is 0 Å². The Kier molecular flexibility index (Phi) is 2.29. The van der Waals surface area contributed by atoms with Crippen LogP contribution in [0.1, 0.15) is 12.0 Å². The Morgan fingerprint density at radius 3 is 3.11 bits per heavy atom. The van der Waals surface area contributed by atoms with Gasteiger partial charge in [-0.25, -0.2) is 0 Å². The van der Waals surface area contributed by atoms with Crippen LogP contribution in [0, 0.1) is 11.3 Å². The number of rotatable bonds is 2. The van der Waals surface area contributed by atoms with Gasteiger partial charge < -0.3 is 0 Å². The highest BCUT2D eigenvalue weighted by atomic mass is 32.1. The van der Waals surface area contributed by atoms with Crippen LogP contribution in [0.3, 0.4) is 0 Å². The van der Waals surface area contributed by atoms with Gasteiger partial charge in [0.15, 0.2) is 0 Å². The van der Waals surface area contributed by atoms with Crippen molar-refractivity contribution in [2.24, 2.45) is 0 Å². The van der Waals surface area contributed by atoms with Crippen LogP contribution in [-0.4, -0.2) is 0 Å². The molecule has 0 aromatic carbocycles. The van der Waals surface area contributed by atoms with E-state index in [4.69, 9.17) is 5.26 Å². The number of nitrogens with zero attached hydrogens (tertiary/aromatic N) is 1. The molecule has 0 aliphatic heterocycles. The summed E-state index contributed by atoms with van der Waals surface area (Å²) < 4.78 is 0. The molecule has 1 heterocycles. The third-order valence-electron chi connectivity index (χ3n) is 1.11. The lowest BCUT2D eigenvalue weighted by molar-refractivity contribution is 1.02. The molecule has 2 heteroatoms. The molecule has 0 unspecified atom stereocenters. The first kappa shape index (κ1) is 6.31. The number of hydrogen-bond donors (Lipinski definition) is 0. The first-order chi connectivity index (χ1) is 4.43. The topological polar surface area (TPSA) is 23.8 Å². The molecular weight excluding hydrogens is 130 g/mol. The molecule has 0 aliphatic rings. The summed E-state index contributed by atoms with van der Waals surface area (Å²) in [5.74, 6) is 0. The summed E-state index contributed by atoms with van der Waals surface area (Å²) in [4.78, 5) is 0. The molecule has 46 valence electrons. The van der Waals surface area contributed by atoms with Gasteiger partial charge in [0, 0.05) is 6.42 Å². The molecular formula is C7H7NS. The Bertz CT molecular complexity index is 195. The van der Waals surface area contributed by atoms with Crippen molar-refractivity contribution in [2.75, 3.05) is 0 Å². The Morgan fingerprint density at radius 2 is 2.56 bits per heavy atom. The quantitative estimate of drug-likeness (QED) is 0.613. The SMILES string of the molecule is N#CCCc1ccsc1. The summed E-state index contributed by atoms with van der Waals surface area (Å²) in [5, 5.41) is 12.3. The number of hydrogen-bond acceptors (Lipinski definition) is 2. The van der Waals surface area contributed by atoms with Gasteiger partial charge in [-0.3, -0.25) is 0 Å². The van der Waals surface area contributed by atoms with Crippen molar-refractivity contribution in [3.8, 4) is 6.07 Å². The van der Waals surface area contributed by atoms with Crippen LogP contribution >= 0.6 is 11.3 Å². The average molecular weight is 137 g/mol. The van der Waals surface area contributed by atoms with Crippen LogP contribution in [0.25, 0.3) is 0 Å². The molecule has 0 saturated heterocycles. The van der Waals surface area contributed by atoms with Crippen molar-refractivity contribution < 1.29 is 0 Å². The fourth-order valence-corrected chi connectivity index (χ4v) is 1.34. The smallest absolute Gasteiger partial charge is 0.0625 e. The molecule has 1 aromatic heterocycles. The van der Waals surface area contributed by atoms with E-state index in [2.05, 4.69) is 17.5 Å². The van der Waals surface area contributed by atoms with Gasteiger partial charge >= 0.3 is 0 Å². The van der Waals surface area contributed by atoms with E-state index in [9.17, 15) is 0 Å². The minimum absolute atomic E-state index is 0.636. The molecule has 1 aromatic rings. The van der Waals surface area contributed by atoms with Crippen LogP contribution in [0.2, 0.25) is 0 Å². The Labute approximate surface area is 58.6 Å². The lowest BCUT2D eigenvalue weighted by Crippen LogP contribution is -1.75. The van der Waals surface area contributed by atoms with Crippen LogP contribution in [0.5, 0.6) is 0 Å². The zero-order valence-corrected chi connectivity index (χ0v) is 5.82. The summed E-state index contributed by atoms with van der Waals surface area (Å²) in [7, 11) is 0. The summed E-state index contributed by atoms with van der Waals surface area (Å²) in [6.07, 6.45) is 1.54. The number of nitriles is 1. The van der Waals surface area contributed by atoms with E-state index in [1.54, 1.807) is 11.3 Å². The molecule has 1 nitrogen and oxygen atoms in total. The molecule has 0 N–H and O–H groups in total. The van der Waals surface area contributed by atoms with E-state index in [0.29, 0.717) is 6.42 Å². The van der Waals surface area contributed by atoms with Gasteiger partial charge in [-0.05, 0) is 28.8 Å². The largest absolute Gasteiger partial charge is 0.198 e. The zero-order chi connectivity index (χ0) is 6.53. The maximum Gasteiger partial charge on any atom is 0.0625 e.